The minimum Gasteiger partial charge on any atom is -0.0691 e. The maximum Gasteiger partial charge on any atom is 0.0521 e. The van der Waals surface area contributed by atoms with Crippen molar-refractivity contribution in [1.82, 2.24) is 0 Å². The maximum atomic E-state index is 2.54. The Labute approximate surface area is 102 Å². The molecule has 2 unspecified atom stereocenters. The Morgan fingerprint density at radius 1 is 1.12 bits per heavy atom. The van der Waals surface area contributed by atoms with Gasteiger partial charge in [-0.2, -0.15) is 0 Å². The molecule has 0 N–H and O–H groups in total. The molecule has 0 nitrogen and oxygen atoms in total. The number of hydrogen-bond acceptors (Lipinski definition) is 0. The minimum atomic E-state index is -1.04. The first kappa shape index (κ1) is 12.2. The Kier molecular flexibility index (Phi) is 2.94. The van der Waals surface area contributed by atoms with Crippen molar-refractivity contribution in [1.29, 1.82) is 0 Å². The summed E-state index contributed by atoms with van der Waals surface area (Å²) >= 11 is 0. The average molecular weight is 234 g/mol. The van der Waals surface area contributed by atoms with E-state index in [1.165, 1.54) is 19.3 Å². The van der Waals surface area contributed by atoms with Gasteiger partial charge in [-0.3, -0.25) is 0 Å². The molecule has 1 heteroatoms. The molecule has 0 fully saturated rings. The van der Waals surface area contributed by atoms with E-state index in [0.29, 0.717) is 0 Å². The summed E-state index contributed by atoms with van der Waals surface area (Å²) in [5, 5.41) is 0. The summed E-state index contributed by atoms with van der Waals surface area (Å²) in [6.07, 6.45) is 4.25. The zero-order chi connectivity index (χ0) is 12.1. The number of hydrogen-bond donors (Lipinski definition) is 0. The van der Waals surface area contributed by atoms with E-state index in [2.05, 4.69) is 40.4 Å². The molecule has 0 bridgehead atoms. The quantitative estimate of drug-likeness (QED) is 0.550. The molecule has 0 aromatic carbocycles. The van der Waals surface area contributed by atoms with Crippen LogP contribution in [0.2, 0.25) is 25.2 Å². The molecule has 16 heavy (non-hydrogen) atoms. The van der Waals surface area contributed by atoms with Gasteiger partial charge in [0.25, 0.3) is 0 Å². The summed E-state index contributed by atoms with van der Waals surface area (Å²) in [5.74, 6) is 0.745. The van der Waals surface area contributed by atoms with Crippen LogP contribution in [0.1, 0.15) is 40.0 Å². The van der Waals surface area contributed by atoms with Crippen LogP contribution >= 0.6 is 0 Å². The van der Waals surface area contributed by atoms with E-state index in [1.54, 1.807) is 22.3 Å². The second-order valence-corrected chi connectivity index (χ2v) is 12.2. The van der Waals surface area contributed by atoms with E-state index >= 15 is 0 Å². The molecule has 2 rings (SSSR count). The van der Waals surface area contributed by atoms with Gasteiger partial charge in [0.05, 0.1) is 8.07 Å². The van der Waals surface area contributed by atoms with E-state index < -0.39 is 8.07 Å². The van der Waals surface area contributed by atoms with Crippen molar-refractivity contribution in [2.75, 3.05) is 0 Å². The van der Waals surface area contributed by atoms with Gasteiger partial charge in [0.2, 0.25) is 0 Å². The lowest BCUT2D eigenvalue weighted by atomic mass is 9.87. The van der Waals surface area contributed by atoms with E-state index in [-0.39, 0.29) is 0 Å². The number of rotatable bonds is 1. The van der Waals surface area contributed by atoms with Crippen LogP contribution in [0.4, 0.5) is 0 Å². The lowest BCUT2D eigenvalue weighted by Crippen LogP contribution is -2.31. The third-order valence-corrected chi connectivity index (χ3v) is 7.51. The van der Waals surface area contributed by atoms with Crippen molar-refractivity contribution in [2.24, 2.45) is 5.92 Å². The third kappa shape index (κ3) is 1.73. The van der Waals surface area contributed by atoms with E-state index in [0.717, 1.165) is 11.5 Å². The summed E-state index contributed by atoms with van der Waals surface area (Å²) < 4.78 is 0. The predicted molar refractivity (Wildman–Crippen MR) is 75.5 cm³/mol. The smallest absolute Gasteiger partial charge is 0.0521 e. The highest BCUT2D eigenvalue weighted by Crippen LogP contribution is 2.52. The standard InChI is InChI=1S/C15H26Si/c1-10-11(2)13-8-7-9-14(16(4,5)6)15(13)12(10)3/h11,14H,7-9H2,1-6H3. The van der Waals surface area contributed by atoms with Gasteiger partial charge >= 0.3 is 0 Å². The second kappa shape index (κ2) is 3.87. The summed E-state index contributed by atoms with van der Waals surface area (Å²) in [6.45, 7) is 14.7. The third-order valence-electron chi connectivity index (χ3n) is 4.85. The molecule has 0 spiro atoms. The van der Waals surface area contributed by atoms with Crippen molar-refractivity contribution in [3.8, 4) is 0 Å². The first-order valence-corrected chi connectivity index (χ1v) is 10.3. The van der Waals surface area contributed by atoms with Crippen molar-refractivity contribution >= 4 is 8.07 Å². The second-order valence-electron chi connectivity index (χ2n) is 6.78. The van der Waals surface area contributed by atoms with Crippen LogP contribution in [0.3, 0.4) is 0 Å². The minimum absolute atomic E-state index is 0.745. The fraction of sp³-hybridized carbons (Fsp3) is 0.733. The Morgan fingerprint density at radius 2 is 1.75 bits per heavy atom. The van der Waals surface area contributed by atoms with Crippen molar-refractivity contribution in [3.63, 3.8) is 0 Å². The summed E-state index contributed by atoms with van der Waals surface area (Å²) in [5.41, 5.74) is 7.82. The Bertz CT molecular complexity index is 365. The van der Waals surface area contributed by atoms with Crippen LogP contribution in [-0.2, 0) is 0 Å². The molecule has 2 atom stereocenters. The highest BCUT2D eigenvalue weighted by Gasteiger charge is 2.38. The van der Waals surface area contributed by atoms with Gasteiger partial charge in [0.15, 0.2) is 0 Å². The van der Waals surface area contributed by atoms with Gasteiger partial charge in [-0.25, -0.2) is 0 Å². The van der Waals surface area contributed by atoms with Crippen LogP contribution in [0, 0.1) is 5.92 Å². The molecule has 90 valence electrons. The largest absolute Gasteiger partial charge is 0.0691 e. The zero-order valence-electron chi connectivity index (χ0n) is 11.8. The van der Waals surface area contributed by atoms with Crippen LogP contribution in [0.15, 0.2) is 22.3 Å². The molecule has 0 saturated heterocycles. The first-order chi connectivity index (χ1) is 7.34. The Balaban J connectivity index is 2.46. The molecular weight excluding hydrogens is 208 g/mol. The fourth-order valence-electron chi connectivity index (χ4n) is 3.62. The fourth-order valence-corrected chi connectivity index (χ4v) is 5.95. The van der Waals surface area contributed by atoms with E-state index in [4.69, 9.17) is 0 Å². The van der Waals surface area contributed by atoms with Crippen molar-refractivity contribution in [3.05, 3.63) is 22.3 Å². The molecule has 0 amide bonds. The Hall–Kier alpha value is -0.303. The Morgan fingerprint density at radius 3 is 2.31 bits per heavy atom. The molecule has 0 aromatic rings. The SMILES string of the molecule is CC1=C(C)C(C)C2=C1C([Si](C)(C)C)CCC2. The lowest BCUT2D eigenvalue weighted by molar-refractivity contribution is 0.626. The normalized spacial score (nSPS) is 31.1. The molecule has 0 radical (unpaired) electrons. The molecule has 0 aromatic heterocycles. The lowest BCUT2D eigenvalue weighted by Gasteiger charge is -2.35. The zero-order valence-corrected chi connectivity index (χ0v) is 12.8. The summed E-state index contributed by atoms with van der Waals surface area (Å²) in [7, 11) is -1.04. The van der Waals surface area contributed by atoms with Crippen LogP contribution in [0.25, 0.3) is 0 Å². The summed E-state index contributed by atoms with van der Waals surface area (Å²) in [4.78, 5) is 0. The van der Waals surface area contributed by atoms with Crippen LogP contribution in [-0.4, -0.2) is 8.07 Å². The van der Waals surface area contributed by atoms with Gasteiger partial charge in [0.1, 0.15) is 0 Å². The van der Waals surface area contributed by atoms with E-state index in [9.17, 15) is 0 Å². The van der Waals surface area contributed by atoms with Crippen molar-refractivity contribution < 1.29 is 0 Å². The molecule has 2 aliphatic carbocycles. The highest BCUT2D eigenvalue weighted by molar-refractivity contribution is 6.78. The highest BCUT2D eigenvalue weighted by atomic mass is 28.3. The van der Waals surface area contributed by atoms with Gasteiger partial charge in [-0.15, -0.1) is 0 Å². The topological polar surface area (TPSA) is 0 Å². The molecule has 0 aliphatic heterocycles. The predicted octanol–water partition coefficient (Wildman–Crippen LogP) is 5.16. The molecule has 0 heterocycles. The van der Waals surface area contributed by atoms with E-state index in [1.807, 2.05) is 0 Å². The van der Waals surface area contributed by atoms with Crippen LogP contribution < -0.4 is 0 Å². The summed E-state index contributed by atoms with van der Waals surface area (Å²) in [6, 6.07) is 0. The molecule has 2 aliphatic rings. The van der Waals surface area contributed by atoms with Gasteiger partial charge in [-0.05, 0) is 55.7 Å². The molecule has 0 saturated carbocycles. The average Bonchev–Trinajstić information content (AvgIpc) is 2.43. The van der Waals surface area contributed by atoms with Crippen molar-refractivity contribution in [2.45, 2.75) is 65.2 Å². The first-order valence-electron chi connectivity index (χ1n) is 6.74. The maximum absolute atomic E-state index is 2.54. The number of allylic oxidation sites excluding steroid dienone is 4. The monoisotopic (exact) mass is 234 g/mol. The van der Waals surface area contributed by atoms with Gasteiger partial charge in [0, 0.05) is 0 Å². The van der Waals surface area contributed by atoms with Gasteiger partial charge in [-0.1, -0.05) is 37.7 Å². The van der Waals surface area contributed by atoms with Gasteiger partial charge < -0.3 is 0 Å². The molecular formula is C15H26Si. The van der Waals surface area contributed by atoms with Crippen LogP contribution in [0.5, 0.6) is 0 Å².